The average molecular weight is 211 g/mol. The minimum atomic E-state index is -0.368. The van der Waals surface area contributed by atoms with Gasteiger partial charge in [0.15, 0.2) is 0 Å². The molecule has 2 aliphatic rings. The van der Waals surface area contributed by atoms with Crippen LogP contribution in [0, 0.1) is 0 Å². The highest BCUT2D eigenvalue weighted by Gasteiger charge is 2.56. The molecule has 0 aromatic carbocycles. The largest absolute Gasteiger partial charge is 0.459 e. The molecular weight excluding hydrogens is 190 g/mol. The van der Waals surface area contributed by atoms with Crippen LogP contribution in [-0.4, -0.2) is 35.1 Å². The van der Waals surface area contributed by atoms with Crippen LogP contribution in [0.25, 0.3) is 0 Å². The maximum atomic E-state index is 12.2. The zero-order valence-electron chi connectivity index (χ0n) is 10.2. The molecule has 15 heavy (non-hydrogen) atoms. The fraction of sp³-hybridized carbons (Fsp3) is 0.917. The highest BCUT2D eigenvalue weighted by atomic mass is 16.6. The quantitative estimate of drug-likeness (QED) is 0.621. The van der Waals surface area contributed by atoms with E-state index in [0.29, 0.717) is 6.04 Å². The molecule has 2 aliphatic heterocycles. The van der Waals surface area contributed by atoms with Gasteiger partial charge in [-0.05, 0) is 53.5 Å². The standard InChI is InChI=1S/C12H21NO2/c1-11(2,3)15-10(14)12-7-5-9(6-8-12)13(12)4/h9H,5-8H2,1-4H3. The van der Waals surface area contributed by atoms with Gasteiger partial charge in [0.1, 0.15) is 11.1 Å². The van der Waals surface area contributed by atoms with Crippen molar-refractivity contribution in [2.45, 2.75) is 63.6 Å². The third kappa shape index (κ3) is 1.67. The molecule has 0 unspecified atom stereocenters. The number of carbonyl (C=O) groups is 1. The second-order valence-electron chi connectivity index (χ2n) is 5.88. The van der Waals surface area contributed by atoms with E-state index in [-0.39, 0.29) is 17.1 Å². The summed E-state index contributed by atoms with van der Waals surface area (Å²) in [5.41, 5.74) is -0.661. The Hall–Kier alpha value is -0.570. The van der Waals surface area contributed by atoms with Crippen LogP contribution < -0.4 is 0 Å². The second kappa shape index (κ2) is 3.21. The number of esters is 1. The second-order valence-corrected chi connectivity index (χ2v) is 5.88. The maximum absolute atomic E-state index is 12.2. The van der Waals surface area contributed by atoms with Gasteiger partial charge in [-0.3, -0.25) is 9.69 Å². The van der Waals surface area contributed by atoms with Crippen LogP contribution in [0.1, 0.15) is 46.5 Å². The summed E-state index contributed by atoms with van der Waals surface area (Å²) < 4.78 is 5.53. The molecule has 2 saturated heterocycles. The van der Waals surface area contributed by atoms with Gasteiger partial charge in [-0.2, -0.15) is 0 Å². The zero-order valence-corrected chi connectivity index (χ0v) is 10.2. The number of rotatable bonds is 1. The van der Waals surface area contributed by atoms with E-state index in [1.807, 2.05) is 20.8 Å². The van der Waals surface area contributed by atoms with Gasteiger partial charge in [-0.1, -0.05) is 0 Å². The lowest BCUT2D eigenvalue weighted by Crippen LogP contribution is -2.49. The molecule has 0 atom stereocenters. The summed E-state index contributed by atoms with van der Waals surface area (Å²) in [6.45, 7) is 5.80. The molecule has 0 N–H and O–H groups in total. The lowest BCUT2D eigenvalue weighted by atomic mass is 9.88. The van der Waals surface area contributed by atoms with Gasteiger partial charge in [-0.15, -0.1) is 0 Å². The first-order valence-corrected chi connectivity index (χ1v) is 5.81. The summed E-state index contributed by atoms with van der Waals surface area (Å²) in [7, 11) is 2.06. The third-order valence-electron chi connectivity index (χ3n) is 3.78. The summed E-state index contributed by atoms with van der Waals surface area (Å²) in [5.74, 6) is -0.0162. The van der Waals surface area contributed by atoms with Crippen molar-refractivity contribution in [2.75, 3.05) is 7.05 Å². The maximum Gasteiger partial charge on any atom is 0.327 e. The van der Waals surface area contributed by atoms with E-state index in [2.05, 4.69) is 11.9 Å². The van der Waals surface area contributed by atoms with Crippen LogP contribution in [0.5, 0.6) is 0 Å². The minimum Gasteiger partial charge on any atom is -0.459 e. The predicted molar refractivity (Wildman–Crippen MR) is 58.6 cm³/mol. The van der Waals surface area contributed by atoms with Crippen LogP contribution in [0.2, 0.25) is 0 Å². The van der Waals surface area contributed by atoms with Crippen molar-refractivity contribution in [2.24, 2.45) is 0 Å². The normalized spacial score (nSPS) is 35.9. The predicted octanol–water partition coefficient (Wildman–Crippen LogP) is 1.95. The molecule has 2 fully saturated rings. The number of hydrogen-bond donors (Lipinski definition) is 0. The van der Waals surface area contributed by atoms with E-state index < -0.39 is 0 Å². The smallest absolute Gasteiger partial charge is 0.327 e. The topological polar surface area (TPSA) is 29.5 Å². The fourth-order valence-electron chi connectivity index (χ4n) is 2.89. The van der Waals surface area contributed by atoms with Crippen molar-refractivity contribution in [3.63, 3.8) is 0 Å². The molecule has 86 valence electrons. The Morgan fingerprint density at radius 2 is 1.87 bits per heavy atom. The molecule has 0 saturated carbocycles. The van der Waals surface area contributed by atoms with E-state index in [1.165, 1.54) is 0 Å². The lowest BCUT2D eigenvalue weighted by molar-refractivity contribution is -0.166. The molecular formula is C12H21NO2. The average Bonchev–Trinajstić information content (AvgIpc) is 2.58. The third-order valence-corrected chi connectivity index (χ3v) is 3.78. The summed E-state index contributed by atoms with van der Waals surface area (Å²) in [6, 6.07) is 0.609. The van der Waals surface area contributed by atoms with E-state index in [4.69, 9.17) is 4.74 Å². The molecule has 3 heteroatoms. The van der Waals surface area contributed by atoms with E-state index in [0.717, 1.165) is 25.7 Å². The number of hydrogen-bond acceptors (Lipinski definition) is 3. The Morgan fingerprint density at radius 1 is 1.33 bits per heavy atom. The lowest BCUT2D eigenvalue weighted by Gasteiger charge is -2.33. The minimum absolute atomic E-state index is 0.0162. The summed E-state index contributed by atoms with van der Waals surface area (Å²) in [5, 5.41) is 0. The van der Waals surface area contributed by atoms with Gasteiger partial charge in [0.25, 0.3) is 0 Å². The van der Waals surface area contributed by atoms with Crippen LogP contribution in [0.15, 0.2) is 0 Å². The number of nitrogens with zero attached hydrogens (tertiary/aromatic N) is 1. The van der Waals surface area contributed by atoms with Gasteiger partial charge in [0.2, 0.25) is 0 Å². The first kappa shape index (κ1) is 10.9. The molecule has 3 nitrogen and oxygen atoms in total. The van der Waals surface area contributed by atoms with Crippen molar-refractivity contribution < 1.29 is 9.53 Å². The van der Waals surface area contributed by atoms with Crippen molar-refractivity contribution >= 4 is 5.97 Å². The van der Waals surface area contributed by atoms with E-state index in [9.17, 15) is 4.79 Å². The van der Waals surface area contributed by atoms with E-state index in [1.54, 1.807) is 0 Å². The van der Waals surface area contributed by atoms with Gasteiger partial charge in [0.05, 0.1) is 0 Å². The SMILES string of the molecule is CN1C2CCC1(C(=O)OC(C)(C)C)CC2. The fourth-order valence-corrected chi connectivity index (χ4v) is 2.89. The zero-order chi connectivity index (χ0) is 11.3. The summed E-state index contributed by atoms with van der Waals surface area (Å²) >= 11 is 0. The molecule has 0 amide bonds. The number of fused-ring (bicyclic) bond motifs is 2. The van der Waals surface area contributed by atoms with Crippen molar-refractivity contribution in [3.05, 3.63) is 0 Å². The van der Waals surface area contributed by atoms with Crippen molar-refractivity contribution in [3.8, 4) is 0 Å². The molecule has 0 radical (unpaired) electrons. The van der Waals surface area contributed by atoms with Crippen molar-refractivity contribution in [1.82, 2.24) is 4.90 Å². The van der Waals surface area contributed by atoms with Gasteiger partial charge in [-0.25, -0.2) is 0 Å². The first-order valence-electron chi connectivity index (χ1n) is 5.81. The van der Waals surface area contributed by atoms with Gasteiger partial charge >= 0.3 is 5.97 Å². The molecule has 0 aromatic rings. The first-order chi connectivity index (χ1) is 6.85. The van der Waals surface area contributed by atoms with Gasteiger partial charge < -0.3 is 4.74 Å². The molecule has 0 aromatic heterocycles. The molecule has 0 spiro atoms. The summed E-state index contributed by atoms with van der Waals surface area (Å²) in [6.07, 6.45) is 4.25. The number of carbonyl (C=O) groups excluding carboxylic acids is 1. The Bertz CT molecular complexity index is 272. The van der Waals surface area contributed by atoms with Crippen LogP contribution >= 0.6 is 0 Å². The van der Waals surface area contributed by atoms with Crippen molar-refractivity contribution in [1.29, 1.82) is 0 Å². The monoisotopic (exact) mass is 211 g/mol. The highest BCUT2D eigenvalue weighted by molar-refractivity contribution is 5.82. The van der Waals surface area contributed by atoms with Crippen LogP contribution in [0.3, 0.4) is 0 Å². The Kier molecular flexibility index (Phi) is 2.34. The van der Waals surface area contributed by atoms with E-state index >= 15 is 0 Å². The molecule has 2 rings (SSSR count). The van der Waals surface area contributed by atoms with Crippen LogP contribution in [0.4, 0.5) is 0 Å². The number of ether oxygens (including phenoxy) is 1. The highest BCUT2D eigenvalue weighted by Crippen LogP contribution is 2.46. The molecule has 2 heterocycles. The molecule has 0 aliphatic carbocycles. The molecule has 2 bridgehead atoms. The Balaban J connectivity index is 2.13. The Morgan fingerprint density at radius 3 is 2.20 bits per heavy atom. The number of likely N-dealkylation sites (N-methyl/N-ethyl adjacent to an activating group) is 1. The van der Waals surface area contributed by atoms with Gasteiger partial charge in [0, 0.05) is 6.04 Å². The van der Waals surface area contributed by atoms with Crippen LogP contribution in [-0.2, 0) is 9.53 Å². The Labute approximate surface area is 91.8 Å². The summed E-state index contributed by atoms with van der Waals surface area (Å²) in [4.78, 5) is 14.4.